The lowest BCUT2D eigenvalue weighted by atomic mass is 10.1. The van der Waals surface area contributed by atoms with Crippen LogP contribution in [-0.4, -0.2) is 35.1 Å². The monoisotopic (exact) mass is 223 g/mol. The molecule has 2 rings (SSSR count). The highest BCUT2D eigenvalue weighted by Crippen LogP contribution is 2.12. The van der Waals surface area contributed by atoms with Crippen LogP contribution in [0.2, 0.25) is 0 Å². The summed E-state index contributed by atoms with van der Waals surface area (Å²) in [5, 5.41) is 7.81. The molecule has 1 aromatic rings. The molecule has 0 spiro atoms. The molecule has 1 aromatic heterocycles. The van der Waals surface area contributed by atoms with Crippen molar-refractivity contribution >= 4 is 0 Å². The highest BCUT2D eigenvalue weighted by atomic mass is 16.5. The van der Waals surface area contributed by atoms with Crippen LogP contribution in [0.15, 0.2) is 12.4 Å². The second kappa shape index (κ2) is 5.46. The first-order chi connectivity index (χ1) is 7.75. The van der Waals surface area contributed by atoms with Gasteiger partial charge in [0.15, 0.2) is 0 Å². The van der Waals surface area contributed by atoms with E-state index in [2.05, 4.69) is 30.5 Å². The van der Waals surface area contributed by atoms with Crippen LogP contribution >= 0.6 is 0 Å². The summed E-state index contributed by atoms with van der Waals surface area (Å²) in [6.07, 6.45) is 6.61. The molecule has 90 valence electrons. The molecular formula is C12H21N3O. The number of nitrogens with zero attached hydrogens (tertiary/aromatic N) is 2. The van der Waals surface area contributed by atoms with Crippen LogP contribution in [-0.2, 0) is 11.3 Å². The molecule has 16 heavy (non-hydrogen) atoms. The summed E-state index contributed by atoms with van der Waals surface area (Å²) < 4.78 is 7.51. The van der Waals surface area contributed by atoms with Gasteiger partial charge in [-0.3, -0.25) is 4.68 Å². The largest absolute Gasteiger partial charge is 0.377 e. The molecule has 0 radical (unpaired) electrons. The summed E-state index contributed by atoms with van der Waals surface area (Å²) in [4.78, 5) is 0. The topological polar surface area (TPSA) is 39.1 Å². The number of aromatic nitrogens is 2. The van der Waals surface area contributed by atoms with Gasteiger partial charge in [-0.2, -0.15) is 5.10 Å². The Hall–Kier alpha value is -0.870. The van der Waals surface area contributed by atoms with Crippen molar-refractivity contribution in [1.82, 2.24) is 15.1 Å². The maximum absolute atomic E-state index is 5.50. The molecule has 0 bridgehead atoms. The molecule has 2 unspecified atom stereocenters. The molecule has 2 atom stereocenters. The van der Waals surface area contributed by atoms with Gasteiger partial charge in [-0.1, -0.05) is 0 Å². The summed E-state index contributed by atoms with van der Waals surface area (Å²) >= 11 is 0. The van der Waals surface area contributed by atoms with Crippen LogP contribution in [0.25, 0.3) is 0 Å². The van der Waals surface area contributed by atoms with E-state index < -0.39 is 0 Å². The second-order valence-corrected chi connectivity index (χ2v) is 4.56. The third-order valence-corrected chi connectivity index (χ3v) is 3.11. The Balaban J connectivity index is 1.61. The third-order valence-electron chi connectivity index (χ3n) is 3.11. The van der Waals surface area contributed by atoms with Crippen LogP contribution in [0.4, 0.5) is 0 Å². The molecule has 0 aliphatic carbocycles. The Kier molecular flexibility index (Phi) is 3.96. The number of hydrogen-bond acceptors (Lipinski definition) is 3. The van der Waals surface area contributed by atoms with E-state index in [4.69, 9.17) is 4.74 Å². The molecule has 0 aromatic carbocycles. The standard InChI is InChI=1S/C12H21N3O/c1-10-8-14-15(9-10)6-3-5-13-12-4-7-16-11(12)2/h8-9,11-13H,3-7H2,1-2H3. The molecule has 1 aliphatic rings. The fraction of sp³-hybridized carbons (Fsp3) is 0.750. The van der Waals surface area contributed by atoms with Crippen molar-refractivity contribution in [2.45, 2.75) is 45.4 Å². The van der Waals surface area contributed by atoms with Crippen molar-refractivity contribution in [2.75, 3.05) is 13.2 Å². The molecule has 1 saturated heterocycles. The number of hydrogen-bond donors (Lipinski definition) is 1. The van der Waals surface area contributed by atoms with E-state index in [0.29, 0.717) is 12.1 Å². The molecule has 1 fully saturated rings. The first-order valence-electron chi connectivity index (χ1n) is 6.10. The molecule has 4 nitrogen and oxygen atoms in total. The molecule has 4 heteroatoms. The van der Waals surface area contributed by atoms with Gasteiger partial charge in [0.1, 0.15) is 0 Å². The minimum absolute atomic E-state index is 0.368. The average Bonchev–Trinajstić information content (AvgIpc) is 2.83. The van der Waals surface area contributed by atoms with E-state index in [-0.39, 0.29) is 0 Å². The number of nitrogens with one attached hydrogen (secondary N) is 1. The summed E-state index contributed by atoms with van der Waals surface area (Å²) in [5.74, 6) is 0. The fourth-order valence-electron chi connectivity index (χ4n) is 2.12. The lowest BCUT2D eigenvalue weighted by molar-refractivity contribution is 0.113. The van der Waals surface area contributed by atoms with Gasteiger partial charge < -0.3 is 10.1 Å². The van der Waals surface area contributed by atoms with Crippen molar-refractivity contribution < 1.29 is 4.74 Å². The molecule has 2 heterocycles. The van der Waals surface area contributed by atoms with Crippen molar-refractivity contribution in [2.24, 2.45) is 0 Å². The minimum atomic E-state index is 0.368. The maximum atomic E-state index is 5.50. The van der Waals surface area contributed by atoms with E-state index >= 15 is 0 Å². The summed E-state index contributed by atoms with van der Waals surface area (Å²) in [6.45, 7) is 7.14. The number of aryl methyl sites for hydroxylation is 2. The lowest BCUT2D eigenvalue weighted by Gasteiger charge is -2.15. The summed E-state index contributed by atoms with van der Waals surface area (Å²) in [7, 11) is 0. The Labute approximate surface area is 97.0 Å². The van der Waals surface area contributed by atoms with Gasteiger partial charge in [0.2, 0.25) is 0 Å². The number of rotatable bonds is 5. The normalized spacial score (nSPS) is 25.1. The quantitative estimate of drug-likeness (QED) is 0.766. The maximum Gasteiger partial charge on any atom is 0.0700 e. The zero-order valence-electron chi connectivity index (χ0n) is 10.1. The lowest BCUT2D eigenvalue weighted by Crippen LogP contribution is -2.35. The van der Waals surface area contributed by atoms with Crippen LogP contribution in [0, 0.1) is 6.92 Å². The van der Waals surface area contributed by atoms with Gasteiger partial charge in [0, 0.05) is 25.4 Å². The third kappa shape index (κ3) is 3.06. The van der Waals surface area contributed by atoms with Gasteiger partial charge in [-0.05, 0) is 38.8 Å². The SMILES string of the molecule is Cc1cnn(CCCNC2CCOC2C)c1. The van der Waals surface area contributed by atoms with Crippen LogP contribution in [0.1, 0.15) is 25.3 Å². The van der Waals surface area contributed by atoms with E-state index in [1.807, 2.05) is 10.9 Å². The first-order valence-corrected chi connectivity index (χ1v) is 6.10. The van der Waals surface area contributed by atoms with Crippen LogP contribution < -0.4 is 5.32 Å². The molecule has 1 aliphatic heterocycles. The zero-order valence-corrected chi connectivity index (χ0v) is 10.1. The van der Waals surface area contributed by atoms with Gasteiger partial charge in [0.05, 0.1) is 12.3 Å². The predicted molar refractivity (Wildman–Crippen MR) is 63.4 cm³/mol. The predicted octanol–water partition coefficient (Wildman–Crippen LogP) is 1.35. The molecule has 1 N–H and O–H groups in total. The zero-order chi connectivity index (χ0) is 11.4. The van der Waals surface area contributed by atoms with Gasteiger partial charge in [-0.15, -0.1) is 0 Å². The van der Waals surface area contributed by atoms with Crippen molar-refractivity contribution in [3.05, 3.63) is 18.0 Å². The average molecular weight is 223 g/mol. The van der Waals surface area contributed by atoms with Crippen molar-refractivity contribution in [3.63, 3.8) is 0 Å². The molecule has 0 amide bonds. The minimum Gasteiger partial charge on any atom is -0.377 e. The van der Waals surface area contributed by atoms with E-state index in [1.165, 1.54) is 5.56 Å². The second-order valence-electron chi connectivity index (χ2n) is 4.56. The van der Waals surface area contributed by atoms with E-state index in [1.54, 1.807) is 0 Å². The highest BCUT2D eigenvalue weighted by molar-refractivity contribution is 4.99. The first kappa shape index (κ1) is 11.6. The smallest absolute Gasteiger partial charge is 0.0700 e. The van der Waals surface area contributed by atoms with Gasteiger partial charge in [0.25, 0.3) is 0 Å². The Bertz CT molecular complexity index is 324. The number of ether oxygens (including phenoxy) is 1. The van der Waals surface area contributed by atoms with Gasteiger partial charge in [-0.25, -0.2) is 0 Å². The highest BCUT2D eigenvalue weighted by Gasteiger charge is 2.22. The molecular weight excluding hydrogens is 202 g/mol. The summed E-state index contributed by atoms with van der Waals surface area (Å²) in [5.41, 5.74) is 1.23. The van der Waals surface area contributed by atoms with Crippen molar-refractivity contribution in [3.8, 4) is 0 Å². The fourth-order valence-corrected chi connectivity index (χ4v) is 2.12. The molecule has 0 saturated carbocycles. The Morgan fingerprint density at radius 2 is 2.50 bits per heavy atom. The van der Waals surface area contributed by atoms with Crippen LogP contribution in [0.3, 0.4) is 0 Å². The van der Waals surface area contributed by atoms with E-state index in [0.717, 1.165) is 32.5 Å². The van der Waals surface area contributed by atoms with Crippen molar-refractivity contribution in [1.29, 1.82) is 0 Å². The Morgan fingerprint density at radius 3 is 3.12 bits per heavy atom. The summed E-state index contributed by atoms with van der Waals surface area (Å²) in [6, 6.07) is 0.541. The van der Waals surface area contributed by atoms with Gasteiger partial charge >= 0.3 is 0 Å². The van der Waals surface area contributed by atoms with E-state index in [9.17, 15) is 0 Å². The van der Waals surface area contributed by atoms with Crippen LogP contribution in [0.5, 0.6) is 0 Å². The Morgan fingerprint density at radius 1 is 1.62 bits per heavy atom.